The van der Waals surface area contributed by atoms with Crippen LogP contribution in [0.4, 0.5) is 10.1 Å². The van der Waals surface area contributed by atoms with Crippen molar-refractivity contribution >= 4 is 37.6 Å². The maximum atomic E-state index is 14.2. The van der Waals surface area contributed by atoms with Gasteiger partial charge >= 0.3 is 0 Å². The Balaban J connectivity index is 1.71. The van der Waals surface area contributed by atoms with Crippen molar-refractivity contribution in [1.29, 1.82) is 0 Å². The van der Waals surface area contributed by atoms with Crippen molar-refractivity contribution in [3.63, 3.8) is 0 Å². The molecule has 2 aromatic heterocycles. The quantitative estimate of drug-likeness (QED) is 0.477. The first-order chi connectivity index (χ1) is 13.8. The second-order valence-corrected chi connectivity index (χ2v) is 9.80. The van der Waals surface area contributed by atoms with Gasteiger partial charge in [0.05, 0.1) is 22.9 Å². The highest BCUT2D eigenvalue weighted by atomic mass is 32.2. The molecule has 0 aliphatic heterocycles. The molecule has 0 amide bonds. The van der Waals surface area contributed by atoms with Crippen LogP contribution >= 0.6 is 0 Å². The number of aromatic nitrogens is 1. The molecule has 150 valence electrons. The van der Waals surface area contributed by atoms with Gasteiger partial charge in [0.2, 0.25) is 10.0 Å². The van der Waals surface area contributed by atoms with Crippen molar-refractivity contribution < 1.29 is 17.2 Å². The number of nitrogens with one attached hydrogen (secondary N) is 2. The Kier molecular flexibility index (Phi) is 3.84. The van der Waals surface area contributed by atoms with Crippen LogP contribution in [0.25, 0.3) is 21.9 Å². The zero-order valence-corrected chi connectivity index (χ0v) is 16.9. The number of H-pyrrole nitrogens is 1. The van der Waals surface area contributed by atoms with E-state index in [-0.39, 0.29) is 11.4 Å². The van der Waals surface area contributed by atoms with Gasteiger partial charge in [-0.2, -0.15) is 0 Å². The van der Waals surface area contributed by atoms with Gasteiger partial charge in [0, 0.05) is 17.0 Å². The summed E-state index contributed by atoms with van der Waals surface area (Å²) in [6.45, 7) is 2.12. The Morgan fingerprint density at radius 3 is 2.66 bits per heavy atom. The van der Waals surface area contributed by atoms with Crippen LogP contribution < -0.4 is 4.72 Å². The molecule has 2 N–H and O–H groups in total. The van der Waals surface area contributed by atoms with Gasteiger partial charge in [-0.15, -0.1) is 0 Å². The molecule has 5 rings (SSSR count). The molecule has 4 aromatic rings. The van der Waals surface area contributed by atoms with E-state index >= 15 is 0 Å². The summed E-state index contributed by atoms with van der Waals surface area (Å²) in [6, 6.07) is 12.4. The fourth-order valence-corrected chi connectivity index (χ4v) is 4.94. The molecule has 0 spiro atoms. The van der Waals surface area contributed by atoms with E-state index < -0.39 is 15.4 Å². The molecule has 2 heterocycles. The summed E-state index contributed by atoms with van der Waals surface area (Å²) in [7, 11) is -3.40. The number of hydrogen-bond donors (Lipinski definition) is 2. The highest BCUT2D eigenvalue weighted by Gasteiger charge is 2.47. The van der Waals surface area contributed by atoms with Crippen LogP contribution in [0.3, 0.4) is 0 Å². The number of benzene rings is 2. The van der Waals surface area contributed by atoms with Crippen LogP contribution in [0, 0.1) is 11.7 Å². The molecule has 29 heavy (non-hydrogen) atoms. The predicted octanol–water partition coefficient (Wildman–Crippen LogP) is 5.14. The summed E-state index contributed by atoms with van der Waals surface area (Å²) in [4.78, 5) is 3.24. The number of aromatic amines is 1. The van der Waals surface area contributed by atoms with Gasteiger partial charge in [0.25, 0.3) is 0 Å². The fraction of sp³-hybridized carbons (Fsp3) is 0.273. The van der Waals surface area contributed by atoms with Crippen LogP contribution in [0.5, 0.6) is 0 Å². The highest BCUT2D eigenvalue weighted by Crippen LogP contribution is 2.54. The average Bonchev–Trinajstić information content (AvgIpc) is 3.26. The van der Waals surface area contributed by atoms with E-state index in [1.807, 2.05) is 30.5 Å². The van der Waals surface area contributed by atoms with Gasteiger partial charge in [-0.3, -0.25) is 4.72 Å². The third-order valence-electron chi connectivity index (χ3n) is 5.97. The van der Waals surface area contributed by atoms with E-state index in [9.17, 15) is 12.8 Å². The minimum atomic E-state index is -3.40. The first-order valence-electron chi connectivity index (χ1n) is 9.54. The minimum Gasteiger partial charge on any atom is -0.457 e. The predicted molar refractivity (Wildman–Crippen MR) is 112 cm³/mol. The number of anilines is 1. The van der Waals surface area contributed by atoms with Gasteiger partial charge in [-0.1, -0.05) is 24.3 Å². The maximum absolute atomic E-state index is 14.2. The number of rotatable bonds is 5. The van der Waals surface area contributed by atoms with Crippen LogP contribution in [0.15, 0.2) is 53.1 Å². The Labute approximate surface area is 168 Å². The molecular formula is C22H21FN2O3S. The molecular weight excluding hydrogens is 391 g/mol. The third-order valence-corrected chi connectivity index (χ3v) is 6.56. The van der Waals surface area contributed by atoms with Crippen molar-refractivity contribution in [3.8, 4) is 0 Å². The number of hydrogen-bond acceptors (Lipinski definition) is 3. The third kappa shape index (κ3) is 2.92. The molecule has 1 atom stereocenters. The lowest BCUT2D eigenvalue weighted by Gasteiger charge is -2.27. The number of sulfonamides is 1. The molecule has 2 aromatic carbocycles. The molecule has 1 fully saturated rings. The number of fused-ring (bicyclic) bond motifs is 2. The lowest BCUT2D eigenvalue weighted by molar-refractivity contribution is 0.385. The molecule has 0 radical (unpaired) electrons. The first-order valence-corrected chi connectivity index (χ1v) is 11.4. The summed E-state index contributed by atoms with van der Waals surface area (Å²) < 4.78 is 46.4. The van der Waals surface area contributed by atoms with Crippen molar-refractivity contribution in [3.05, 3.63) is 65.8 Å². The minimum absolute atomic E-state index is 0.272. The van der Waals surface area contributed by atoms with E-state index in [0.29, 0.717) is 11.6 Å². The van der Waals surface area contributed by atoms with Gasteiger partial charge in [0.1, 0.15) is 5.76 Å². The van der Waals surface area contributed by atoms with E-state index in [2.05, 4.69) is 16.6 Å². The smallest absolute Gasteiger partial charge is 0.229 e. The van der Waals surface area contributed by atoms with Crippen LogP contribution in [-0.2, 0) is 15.4 Å². The summed E-state index contributed by atoms with van der Waals surface area (Å²) in [6.07, 6.45) is 5.17. The second-order valence-electron chi connectivity index (χ2n) is 8.05. The van der Waals surface area contributed by atoms with E-state index in [1.165, 1.54) is 6.07 Å². The van der Waals surface area contributed by atoms with E-state index in [4.69, 9.17) is 4.42 Å². The normalized spacial score (nSPS) is 16.9. The molecule has 7 heteroatoms. The zero-order valence-electron chi connectivity index (χ0n) is 16.1. The lowest BCUT2D eigenvalue weighted by atomic mass is 9.75. The van der Waals surface area contributed by atoms with Crippen LogP contribution in [0.1, 0.15) is 31.1 Å². The summed E-state index contributed by atoms with van der Waals surface area (Å²) in [5.74, 6) is 0.726. The number of para-hydroxylation sites is 2. The van der Waals surface area contributed by atoms with Crippen molar-refractivity contribution in [1.82, 2.24) is 4.98 Å². The molecule has 0 saturated heterocycles. The average molecular weight is 412 g/mol. The lowest BCUT2D eigenvalue weighted by Crippen LogP contribution is -2.25. The van der Waals surface area contributed by atoms with Crippen molar-refractivity contribution in [2.24, 2.45) is 5.92 Å². The van der Waals surface area contributed by atoms with Crippen molar-refractivity contribution in [2.75, 3.05) is 11.0 Å². The molecule has 1 unspecified atom stereocenters. The monoisotopic (exact) mass is 412 g/mol. The Morgan fingerprint density at radius 1 is 1.21 bits per heavy atom. The largest absolute Gasteiger partial charge is 0.457 e. The van der Waals surface area contributed by atoms with Crippen LogP contribution in [-0.4, -0.2) is 19.7 Å². The second kappa shape index (κ2) is 6.10. The zero-order chi connectivity index (χ0) is 20.4. The van der Waals surface area contributed by atoms with Gasteiger partial charge in [0.15, 0.2) is 11.4 Å². The summed E-state index contributed by atoms with van der Waals surface area (Å²) >= 11 is 0. The highest BCUT2D eigenvalue weighted by molar-refractivity contribution is 7.92. The molecule has 1 aliphatic rings. The summed E-state index contributed by atoms with van der Waals surface area (Å²) in [5, 5.41) is 1.67. The molecule has 1 saturated carbocycles. The molecule has 1 aliphatic carbocycles. The van der Waals surface area contributed by atoms with Gasteiger partial charge < -0.3 is 9.40 Å². The Bertz CT molecular complexity index is 1350. The van der Waals surface area contributed by atoms with E-state index in [1.54, 1.807) is 12.1 Å². The molecule has 5 nitrogen and oxygen atoms in total. The first kappa shape index (κ1) is 18.2. The Morgan fingerprint density at radius 2 is 1.97 bits per heavy atom. The fourth-order valence-electron chi connectivity index (χ4n) is 4.37. The number of furan rings is 1. The van der Waals surface area contributed by atoms with Gasteiger partial charge in [-0.25, -0.2) is 12.8 Å². The van der Waals surface area contributed by atoms with Crippen molar-refractivity contribution in [2.45, 2.75) is 25.2 Å². The maximum Gasteiger partial charge on any atom is 0.229 e. The topological polar surface area (TPSA) is 75.1 Å². The van der Waals surface area contributed by atoms with Gasteiger partial charge in [-0.05, 0) is 49.4 Å². The van der Waals surface area contributed by atoms with Crippen LogP contribution in [0.2, 0.25) is 0 Å². The summed E-state index contributed by atoms with van der Waals surface area (Å²) in [5.41, 5.74) is 2.07. The Hall–Kier alpha value is -2.80. The SMILES string of the molecule is CC(c1cc2cccc(F)c2o1)(c1c[nH]c2c(NS(C)(=O)=O)cccc12)C1CC1. The molecule has 0 bridgehead atoms. The van der Waals surface area contributed by atoms with E-state index in [0.717, 1.165) is 46.7 Å². The standard InChI is InChI=1S/C22H21FN2O3S/c1-22(14-9-10-14,19-11-13-5-3-7-17(23)21(13)28-19)16-12-24-20-15(16)6-4-8-18(20)25-29(2,26)27/h3-8,11-12,14,24-25H,9-10H2,1-2H3. The number of halogens is 1.